The van der Waals surface area contributed by atoms with Crippen LogP contribution in [0.3, 0.4) is 0 Å². The van der Waals surface area contributed by atoms with Crippen molar-refractivity contribution in [2.45, 2.75) is 65.0 Å². The summed E-state index contributed by atoms with van der Waals surface area (Å²) < 4.78 is 43.0. The molecule has 3 heterocycles. The van der Waals surface area contributed by atoms with Crippen LogP contribution in [0.4, 0.5) is 24.5 Å². The van der Waals surface area contributed by atoms with Crippen LogP contribution in [0.15, 0.2) is 36.7 Å². The van der Waals surface area contributed by atoms with E-state index < -0.39 is 24.0 Å². The first kappa shape index (κ1) is 28.8. The van der Waals surface area contributed by atoms with Gasteiger partial charge in [0.2, 0.25) is 5.95 Å². The number of anilines is 2. The summed E-state index contributed by atoms with van der Waals surface area (Å²) in [6.45, 7) is 8.56. The average Bonchev–Trinajstić information content (AvgIpc) is 3.64. The number of benzene rings is 1. The molecule has 9 nitrogen and oxygen atoms in total. The van der Waals surface area contributed by atoms with Gasteiger partial charge in [-0.2, -0.15) is 14.9 Å². The van der Waals surface area contributed by atoms with Gasteiger partial charge in [-0.1, -0.05) is 39.0 Å². The van der Waals surface area contributed by atoms with Crippen molar-refractivity contribution in [3.63, 3.8) is 0 Å². The van der Waals surface area contributed by atoms with Gasteiger partial charge in [0.05, 0.1) is 34.6 Å². The largest absolute Gasteiger partial charge is 0.383 e. The maximum Gasteiger partial charge on any atom is 0.263 e. The summed E-state index contributed by atoms with van der Waals surface area (Å²) in [7, 11) is 0. The van der Waals surface area contributed by atoms with Crippen molar-refractivity contribution in [3.8, 4) is 12.1 Å². The molecule has 0 saturated heterocycles. The summed E-state index contributed by atoms with van der Waals surface area (Å²) in [6.07, 6.45) is 1.31. The molecule has 0 aliphatic heterocycles. The molecule has 42 heavy (non-hydrogen) atoms. The van der Waals surface area contributed by atoms with E-state index in [2.05, 4.69) is 63.8 Å². The van der Waals surface area contributed by atoms with Gasteiger partial charge in [-0.3, -0.25) is 4.98 Å². The summed E-state index contributed by atoms with van der Waals surface area (Å²) in [5.74, 6) is -0.644. The van der Waals surface area contributed by atoms with Crippen molar-refractivity contribution in [2.24, 2.45) is 5.41 Å². The molecule has 1 aliphatic rings. The van der Waals surface area contributed by atoms with Crippen molar-refractivity contribution < 1.29 is 13.2 Å². The Hall–Kier alpha value is -4.71. The standard InChI is InChI=1S/C30H30F3N9/c1-5-22-20(6-7-24(31)39-22)27(23-15-42(41-40-23)30(8-9-30)28(32)33)38-19-10-17(12-34)25-21(11-19)26(18(13-35)14-36-25)37-16-29(2,3)4/h6-7,10-11,14-15,27-28,38H,5,8-9,16H2,1-4H3,(H,36,37). The van der Waals surface area contributed by atoms with Crippen molar-refractivity contribution in [3.05, 3.63) is 70.7 Å². The number of pyridine rings is 2. The lowest BCUT2D eigenvalue weighted by Gasteiger charge is -2.23. The van der Waals surface area contributed by atoms with Gasteiger partial charge >= 0.3 is 0 Å². The normalized spacial score (nSPS) is 14.8. The molecule has 1 atom stereocenters. The number of halogens is 3. The van der Waals surface area contributed by atoms with Crippen LogP contribution in [0.25, 0.3) is 10.9 Å². The van der Waals surface area contributed by atoms with Crippen LogP contribution in [0, 0.1) is 34.0 Å². The zero-order valence-corrected chi connectivity index (χ0v) is 23.7. The molecule has 216 valence electrons. The number of fused-ring (bicyclic) bond motifs is 1. The summed E-state index contributed by atoms with van der Waals surface area (Å²) >= 11 is 0. The zero-order valence-electron chi connectivity index (χ0n) is 23.7. The lowest BCUT2D eigenvalue weighted by molar-refractivity contribution is 0.0593. The minimum absolute atomic E-state index is 0.101. The third kappa shape index (κ3) is 5.45. The van der Waals surface area contributed by atoms with E-state index in [1.165, 1.54) is 23.1 Å². The van der Waals surface area contributed by atoms with Crippen LogP contribution in [0.5, 0.6) is 0 Å². The van der Waals surface area contributed by atoms with Crippen LogP contribution in [-0.2, 0) is 12.0 Å². The van der Waals surface area contributed by atoms with E-state index in [9.17, 15) is 23.7 Å². The molecule has 1 saturated carbocycles. The Morgan fingerprint density at radius 3 is 2.48 bits per heavy atom. The average molecular weight is 574 g/mol. The minimum atomic E-state index is -2.60. The molecular formula is C30H30F3N9. The first-order chi connectivity index (χ1) is 20.0. The molecule has 1 aliphatic carbocycles. The van der Waals surface area contributed by atoms with Crippen molar-refractivity contribution in [1.29, 1.82) is 10.5 Å². The van der Waals surface area contributed by atoms with E-state index in [-0.39, 0.29) is 11.0 Å². The van der Waals surface area contributed by atoms with E-state index in [4.69, 9.17) is 0 Å². The fourth-order valence-corrected chi connectivity index (χ4v) is 4.91. The second-order valence-electron chi connectivity index (χ2n) is 11.7. The number of rotatable bonds is 9. The second-order valence-corrected chi connectivity index (χ2v) is 11.7. The Balaban J connectivity index is 1.65. The van der Waals surface area contributed by atoms with Crippen LogP contribution in [-0.4, -0.2) is 37.9 Å². The van der Waals surface area contributed by atoms with E-state index >= 15 is 0 Å². The maximum absolute atomic E-state index is 14.1. The molecule has 0 radical (unpaired) electrons. The first-order valence-electron chi connectivity index (χ1n) is 13.6. The Morgan fingerprint density at radius 2 is 1.86 bits per heavy atom. The van der Waals surface area contributed by atoms with Gasteiger partial charge in [0, 0.05) is 35.1 Å². The highest BCUT2D eigenvalue weighted by molar-refractivity contribution is 5.99. The third-order valence-electron chi connectivity index (χ3n) is 7.37. The SMILES string of the molecule is CCc1nc(F)ccc1C(Nc1cc(C#N)c2ncc(C#N)c(NCC(C)(C)C)c2c1)c1cn(C2(C(F)F)CC2)nn1. The monoisotopic (exact) mass is 573 g/mol. The molecule has 3 aromatic heterocycles. The number of aromatic nitrogens is 5. The summed E-state index contributed by atoms with van der Waals surface area (Å²) in [4.78, 5) is 8.45. The summed E-state index contributed by atoms with van der Waals surface area (Å²) in [5, 5.41) is 35.4. The van der Waals surface area contributed by atoms with E-state index in [1.54, 1.807) is 18.2 Å². The Labute approximate surface area is 241 Å². The summed E-state index contributed by atoms with van der Waals surface area (Å²) in [6, 6.07) is 9.79. The van der Waals surface area contributed by atoms with Crippen molar-refractivity contribution in [2.75, 3.05) is 17.2 Å². The lowest BCUT2D eigenvalue weighted by atomic mass is 9.96. The van der Waals surface area contributed by atoms with Gasteiger partial charge < -0.3 is 10.6 Å². The van der Waals surface area contributed by atoms with Gasteiger partial charge in [0.25, 0.3) is 6.43 Å². The van der Waals surface area contributed by atoms with Gasteiger partial charge in [-0.25, -0.2) is 18.4 Å². The third-order valence-corrected chi connectivity index (χ3v) is 7.37. The number of hydrogen-bond donors (Lipinski definition) is 2. The lowest BCUT2D eigenvalue weighted by Crippen LogP contribution is -2.26. The number of aryl methyl sites for hydroxylation is 1. The molecule has 4 aromatic rings. The van der Waals surface area contributed by atoms with Crippen LogP contribution in [0.2, 0.25) is 0 Å². The number of nitrogens with zero attached hydrogens (tertiary/aromatic N) is 7. The molecule has 5 rings (SSSR count). The minimum Gasteiger partial charge on any atom is -0.383 e. The predicted octanol–water partition coefficient (Wildman–Crippen LogP) is 6.08. The molecule has 0 spiro atoms. The van der Waals surface area contributed by atoms with Gasteiger partial charge in [0.15, 0.2) is 0 Å². The highest BCUT2D eigenvalue weighted by atomic mass is 19.3. The Kier molecular flexibility index (Phi) is 7.50. The predicted molar refractivity (Wildman–Crippen MR) is 151 cm³/mol. The highest BCUT2D eigenvalue weighted by Crippen LogP contribution is 2.48. The topological polar surface area (TPSA) is 128 Å². The maximum atomic E-state index is 14.1. The molecule has 1 unspecified atom stereocenters. The Bertz CT molecular complexity index is 1720. The molecule has 0 bridgehead atoms. The van der Waals surface area contributed by atoms with Gasteiger partial charge in [0.1, 0.15) is 23.4 Å². The fraction of sp³-hybridized carbons (Fsp3) is 0.400. The van der Waals surface area contributed by atoms with E-state index in [1.807, 2.05) is 6.92 Å². The van der Waals surface area contributed by atoms with Crippen LogP contribution in [0.1, 0.15) is 74.7 Å². The number of alkyl halides is 2. The highest BCUT2D eigenvalue weighted by Gasteiger charge is 2.54. The second kappa shape index (κ2) is 10.9. The van der Waals surface area contributed by atoms with E-state index in [0.717, 1.165) is 0 Å². The fourth-order valence-electron chi connectivity index (χ4n) is 4.91. The Morgan fingerprint density at radius 1 is 1.12 bits per heavy atom. The number of nitriles is 2. The van der Waals surface area contributed by atoms with E-state index in [0.29, 0.717) is 70.6 Å². The summed E-state index contributed by atoms with van der Waals surface area (Å²) in [5.41, 5.74) is 1.94. The molecular weight excluding hydrogens is 543 g/mol. The molecule has 0 amide bonds. The zero-order chi connectivity index (χ0) is 30.2. The van der Waals surface area contributed by atoms with Gasteiger partial charge in [-0.05, 0) is 42.9 Å². The van der Waals surface area contributed by atoms with Crippen molar-refractivity contribution >= 4 is 22.3 Å². The van der Waals surface area contributed by atoms with Crippen LogP contribution < -0.4 is 10.6 Å². The van der Waals surface area contributed by atoms with Crippen LogP contribution >= 0.6 is 0 Å². The van der Waals surface area contributed by atoms with Gasteiger partial charge in [-0.15, -0.1) is 5.10 Å². The van der Waals surface area contributed by atoms with Crippen molar-refractivity contribution in [1.82, 2.24) is 25.0 Å². The first-order valence-corrected chi connectivity index (χ1v) is 13.6. The quantitative estimate of drug-likeness (QED) is 0.231. The number of nitrogens with one attached hydrogen (secondary N) is 2. The molecule has 2 N–H and O–H groups in total. The molecule has 12 heteroatoms. The smallest absolute Gasteiger partial charge is 0.263 e. The molecule has 1 fully saturated rings. The molecule has 1 aromatic carbocycles. The number of hydrogen-bond acceptors (Lipinski definition) is 8.